The van der Waals surface area contributed by atoms with Crippen molar-refractivity contribution in [3.05, 3.63) is 89.4 Å². The number of hydrogen-bond donors (Lipinski definition) is 0. The molecule has 4 rings (SSSR count). The number of benzene rings is 3. The summed E-state index contributed by atoms with van der Waals surface area (Å²) in [6, 6.07) is 24.0. The molecule has 1 nitrogen and oxygen atoms in total. The SMILES string of the molecule is C/C=C\C(C)/C(C)=c1/c(=C\C)n(-c2cccc3ccccc23)c2ccccc12.CC. The van der Waals surface area contributed by atoms with Crippen LogP contribution in [-0.2, 0) is 0 Å². The van der Waals surface area contributed by atoms with Gasteiger partial charge in [-0.2, -0.15) is 0 Å². The summed E-state index contributed by atoms with van der Waals surface area (Å²) in [5, 5.41) is 6.49. The lowest BCUT2D eigenvalue weighted by atomic mass is 9.99. The molecule has 0 fully saturated rings. The third-order valence-corrected chi connectivity index (χ3v) is 5.75. The van der Waals surface area contributed by atoms with Gasteiger partial charge in [-0.05, 0) is 44.2 Å². The van der Waals surface area contributed by atoms with E-state index in [1.54, 1.807) is 0 Å². The van der Waals surface area contributed by atoms with Crippen LogP contribution in [0.15, 0.2) is 78.9 Å². The van der Waals surface area contributed by atoms with E-state index in [4.69, 9.17) is 0 Å². The highest BCUT2D eigenvalue weighted by atomic mass is 15.0. The first-order chi connectivity index (χ1) is 14.7. The van der Waals surface area contributed by atoms with E-state index in [-0.39, 0.29) is 0 Å². The molecule has 0 bridgehead atoms. The molecular weight excluding hydrogens is 362 g/mol. The monoisotopic (exact) mass is 395 g/mol. The first kappa shape index (κ1) is 21.6. The quantitative estimate of drug-likeness (QED) is 0.329. The minimum atomic E-state index is 0.399. The smallest absolute Gasteiger partial charge is 0.0541 e. The Morgan fingerprint density at radius 1 is 0.833 bits per heavy atom. The predicted octanol–water partition coefficient (Wildman–Crippen LogP) is 6.99. The molecule has 3 aromatic carbocycles. The fourth-order valence-corrected chi connectivity index (χ4v) is 4.27. The summed E-state index contributed by atoms with van der Waals surface area (Å²) in [4.78, 5) is 0. The van der Waals surface area contributed by atoms with Gasteiger partial charge in [0.05, 0.1) is 11.2 Å². The standard InChI is InChI=1S/C27H27N.C2H6/c1-5-12-19(3)20(4)27-23-16-9-10-17-26(23)28(24(27)6-2)25-18-11-14-21-13-7-8-15-22(21)25;1-2/h5-19H,1-4H3;1-2H3/b12-5-,24-6+,27-20+;. The first-order valence-corrected chi connectivity index (χ1v) is 11.0. The summed E-state index contributed by atoms with van der Waals surface area (Å²) in [6.07, 6.45) is 6.68. The Morgan fingerprint density at radius 2 is 1.47 bits per heavy atom. The molecule has 30 heavy (non-hydrogen) atoms. The first-order valence-electron chi connectivity index (χ1n) is 11.0. The molecule has 154 valence electrons. The second-order valence-corrected chi connectivity index (χ2v) is 7.40. The van der Waals surface area contributed by atoms with E-state index in [1.807, 2.05) is 13.8 Å². The molecular formula is C29H33N. The molecule has 0 aliphatic heterocycles. The van der Waals surface area contributed by atoms with Gasteiger partial charge in [0.15, 0.2) is 0 Å². The summed E-state index contributed by atoms with van der Waals surface area (Å²) >= 11 is 0. The van der Waals surface area contributed by atoms with Gasteiger partial charge in [-0.1, -0.05) is 99.2 Å². The van der Waals surface area contributed by atoms with Gasteiger partial charge in [-0.15, -0.1) is 0 Å². The fraction of sp³-hybridized carbons (Fsp3) is 0.241. The number of para-hydroxylation sites is 1. The molecule has 1 atom stereocenters. The highest BCUT2D eigenvalue weighted by molar-refractivity contribution is 5.93. The largest absolute Gasteiger partial charge is 0.309 e. The molecule has 0 saturated heterocycles. The van der Waals surface area contributed by atoms with Crippen molar-refractivity contribution in [2.45, 2.75) is 41.5 Å². The predicted molar refractivity (Wildman–Crippen MR) is 135 cm³/mol. The van der Waals surface area contributed by atoms with Crippen LogP contribution in [0.5, 0.6) is 0 Å². The third-order valence-electron chi connectivity index (χ3n) is 5.75. The number of hydrogen-bond acceptors (Lipinski definition) is 0. The van der Waals surface area contributed by atoms with E-state index < -0.39 is 0 Å². The van der Waals surface area contributed by atoms with Crippen molar-refractivity contribution in [2.75, 3.05) is 0 Å². The average molecular weight is 396 g/mol. The maximum Gasteiger partial charge on any atom is 0.0541 e. The van der Waals surface area contributed by atoms with Crippen molar-refractivity contribution < 1.29 is 0 Å². The second kappa shape index (κ2) is 9.63. The number of allylic oxidation sites excluding steroid dienone is 2. The molecule has 0 amide bonds. The Balaban J connectivity index is 0.00000124. The lowest BCUT2D eigenvalue weighted by Crippen LogP contribution is -2.30. The third kappa shape index (κ3) is 3.73. The van der Waals surface area contributed by atoms with E-state index in [0.717, 1.165) is 0 Å². The lowest BCUT2D eigenvalue weighted by Gasteiger charge is -2.11. The van der Waals surface area contributed by atoms with Gasteiger partial charge in [0.2, 0.25) is 0 Å². The van der Waals surface area contributed by atoms with E-state index >= 15 is 0 Å². The van der Waals surface area contributed by atoms with Gasteiger partial charge in [0.1, 0.15) is 0 Å². The maximum absolute atomic E-state index is 2.43. The molecule has 0 spiro atoms. The maximum atomic E-state index is 2.43. The zero-order chi connectivity index (χ0) is 21.7. The molecule has 0 saturated carbocycles. The minimum Gasteiger partial charge on any atom is -0.309 e. The van der Waals surface area contributed by atoms with Gasteiger partial charge in [-0.25, -0.2) is 0 Å². The van der Waals surface area contributed by atoms with Gasteiger partial charge in [0, 0.05) is 21.3 Å². The zero-order valence-electron chi connectivity index (χ0n) is 19.1. The van der Waals surface area contributed by atoms with Crippen molar-refractivity contribution >= 4 is 33.3 Å². The molecule has 0 N–H and O–H groups in total. The summed E-state index contributed by atoms with van der Waals surface area (Å²) in [5.41, 5.74) is 3.90. The molecule has 1 unspecified atom stereocenters. The topological polar surface area (TPSA) is 4.93 Å². The normalized spacial score (nSPS) is 14.1. The Hall–Kier alpha value is -3.06. The van der Waals surface area contributed by atoms with Crippen LogP contribution in [0.3, 0.4) is 0 Å². The molecule has 0 aliphatic rings. The highest BCUT2D eigenvalue weighted by Gasteiger charge is 2.13. The minimum absolute atomic E-state index is 0.399. The van der Waals surface area contributed by atoms with Gasteiger partial charge in [0.25, 0.3) is 0 Å². The van der Waals surface area contributed by atoms with Crippen LogP contribution in [-0.4, -0.2) is 4.57 Å². The lowest BCUT2D eigenvalue weighted by molar-refractivity contribution is 0.940. The van der Waals surface area contributed by atoms with E-state index in [2.05, 4.69) is 117 Å². The molecule has 0 radical (unpaired) electrons. The van der Waals surface area contributed by atoms with E-state index in [9.17, 15) is 0 Å². The zero-order valence-corrected chi connectivity index (χ0v) is 19.1. The van der Waals surface area contributed by atoms with Crippen LogP contribution < -0.4 is 10.6 Å². The van der Waals surface area contributed by atoms with Crippen molar-refractivity contribution in [1.82, 2.24) is 4.57 Å². The van der Waals surface area contributed by atoms with Gasteiger partial charge in [-0.3, -0.25) is 0 Å². The van der Waals surface area contributed by atoms with Crippen LogP contribution >= 0.6 is 0 Å². The molecule has 0 aliphatic carbocycles. The van der Waals surface area contributed by atoms with E-state index in [1.165, 1.54) is 43.5 Å². The number of rotatable bonds is 3. The van der Waals surface area contributed by atoms with E-state index in [0.29, 0.717) is 5.92 Å². The highest BCUT2D eigenvalue weighted by Crippen LogP contribution is 2.24. The molecule has 1 heteroatoms. The number of nitrogens with zero attached hydrogens (tertiary/aromatic N) is 1. The van der Waals surface area contributed by atoms with Crippen LogP contribution in [0.4, 0.5) is 0 Å². The Bertz CT molecular complexity index is 1300. The summed E-state index contributed by atoms with van der Waals surface area (Å²) < 4.78 is 2.43. The van der Waals surface area contributed by atoms with Crippen molar-refractivity contribution in [2.24, 2.45) is 5.92 Å². The van der Waals surface area contributed by atoms with Gasteiger partial charge < -0.3 is 4.57 Å². The average Bonchev–Trinajstić information content (AvgIpc) is 3.13. The Kier molecular flexibility index (Phi) is 6.95. The van der Waals surface area contributed by atoms with Crippen LogP contribution in [0.2, 0.25) is 0 Å². The van der Waals surface area contributed by atoms with Crippen LogP contribution in [0, 0.1) is 5.92 Å². The Labute approximate surface area is 180 Å². The van der Waals surface area contributed by atoms with Crippen molar-refractivity contribution in [1.29, 1.82) is 0 Å². The Morgan fingerprint density at radius 3 is 2.17 bits per heavy atom. The molecule has 1 aromatic heterocycles. The van der Waals surface area contributed by atoms with Crippen LogP contribution in [0.25, 0.3) is 39.0 Å². The number of aromatic nitrogens is 1. The van der Waals surface area contributed by atoms with Crippen LogP contribution in [0.1, 0.15) is 41.5 Å². The molecule has 1 heterocycles. The fourth-order valence-electron chi connectivity index (χ4n) is 4.27. The van der Waals surface area contributed by atoms with Gasteiger partial charge >= 0.3 is 0 Å². The second-order valence-electron chi connectivity index (χ2n) is 7.40. The van der Waals surface area contributed by atoms with Crippen molar-refractivity contribution in [3.8, 4) is 5.69 Å². The number of fused-ring (bicyclic) bond motifs is 2. The summed E-state index contributed by atoms with van der Waals surface area (Å²) in [6.45, 7) is 12.8. The summed E-state index contributed by atoms with van der Waals surface area (Å²) in [7, 11) is 0. The molecule has 4 aromatic rings. The van der Waals surface area contributed by atoms with Crippen molar-refractivity contribution in [3.63, 3.8) is 0 Å². The summed E-state index contributed by atoms with van der Waals surface area (Å²) in [5.74, 6) is 0.399.